The van der Waals surface area contributed by atoms with Crippen molar-refractivity contribution in [3.05, 3.63) is 47.5 Å². The van der Waals surface area contributed by atoms with Crippen LogP contribution in [0.4, 0.5) is 9.59 Å². The number of aryl methyl sites for hydroxylation is 1. The number of amides is 4. The minimum Gasteiger partial charge on any atom is -0.450 e. The number of nitrogens with zero attached hydrogens (tertiary/aromatic N) is 2. The number of rotatable bonds is 8. The molecule has 2 aliphatic carbocycles. The van der Waals surface area contributed by atoms with Gasteiger partial charge in [-0.1, -0.05) is 31.2 Å². The molecule has 4 bridgehead atoms. The van der Waals surface area contributed by atoms with E-state index in [0.717, 1.165) is 36.0 Å². The Kier molecular flexibility index (Phi) is 9.56. The van der Waals surface area contributed by atoms with Gasteiger partial charge in [0.2, 0.25) is 21.8 Å². The predicted molar refractivity (Wildman–Crippen MR) is 173 cm³/mol. The maximum Gasteiger partial charge on any atom is 0.410 e. The van der Waals surface area contributed by atoms with E-state index in [0.29, 0.717) is 32.4 Å². The number of sulfonamides is 1. The van der Waals surface area contributed by atoms with E-state index >= 15 is 0 Å². The van der Waals surface area contributed by atoms with Crippen LogP contribution in [-0.4, -0.2) is 84.6 Å². The maximum atomic E-state index is 14.1. The SMILES string of the molecule is C=C[C@@H]1C[C@]1(CC(=O)[C@@H]1C[C@@H]2CN1C(=O)[C@H](CC)NC(=O)OCCCCCc1cccc3c1CN(C3)C(=O)O2)C(=O)NS(=O)(=O)C1CC1. The zero-order valence-electron chi connectivity index (χ0n) is 27.3. The van der Waals surface area contributed by atoms with Crippen LogP contribution in [0.3, 0.4) is 0 Å². The van der Waals surface area contributed by atoms with E-state index in [4.69, 9.17) is 9.47 Å². The van der Waals surface area contributed by atoms with Crippen molar-refractivity contribution < 1.29 is 41.9 Å². The Balaban J connectivity index is 1.23. The quantitative estimate of drug-likeness (QED) is 0.391. The number of Topliss-reactive ketones (excluding diaryl/α,β-unsaturated/α-hetero) is 1. The van der Waals surface area contributed by atoms with Crippen LogP contribution in [-0.2, 0) is 53.4 Å². The second-order valence-electron chi connectivity index (χ2n) is 13.7. The number of benzene rings is 1. The molecule has 5 atom stereocenters. The fourth-order valence-electron chi connectivity index (χ4n) is 7.29. The van der Waals surface area contributed by atoms with Gasteiger partial charge in [0.15, 0.2) is 5.78 Å². The Labute approximate surface area is 280 Å². The fourth-order valence-corrected chi connectivity index (χ4v) is 8.68. The van der Waals surface area contributed by atoms with Crippen LogP contribution in [0.2, 0.25) is 0 Å². The molecule has 48 heavy (non-hydrogen) atoms. The molecule has 13 nitrogen and oxygen atoms in total. The lowest BCUT2D eigenvalue weighted by Gasteiger charge is -2.28. The van der Waals surface area contributed by atoms with Crippen molar-refractivity contribution >= 4 is 39.8 Å². The lowest BCUT2D eigenvalue weighted by atomic mass is 9.91. The molecule has 6 rings (SSSR count). The van der Waals surface area contributed by atoms with Gasteiger partial charge in [0.25, 0.3) is 0 Å². The van der Waals surface area contributed by atoms with Crippen LogP contribution < -0.4 is 10.0 Å². The third kappa shape index (κ3) is 6.94. The van der Waals surface area contributed by atoms with E-state index in [-0.39, 0.29) is 38.8 Å². The molecule has 0 unspecified atom stereocenters. The van der Waals surface area contributed by atoms with Crippen molar-refractivity contribution in [1.29, 1.82) is 0 Å². The lowest BCUT2D eigenvalue weighted by Crippen LogP contribution is -2.52. The third-order valence-corrected chi connectivity index (χ3v) is 12.2. The van der Waals surface area contributed by atoms with Gasteiger partial charge < -0.3 is 19.7 Å². The molecule has 260 valence electrons. The topological polar surface area (TPSA) is 168 Å². The summed E-state index contributed by atoms with van der Waals surface area (Å²) in [6.07, 6.45) is 3.72. The molecule has 1 aromatic rings. The summed E-state index contributed by atoms with van der Waals surface area (Å²) in [5.74, 6) is -2.15. The lowest BCUT2D eigenvalue weighted by molar-refractivity contribution is -0.140. The summed E-state index contributed by atoms with van der Waals surface area (Å²) in [6, 6.07) is 3.97. The van der Waals surface area contributed by atoms with Crippen LogP contribution in [0, 0.1) is 11.3 Å². The monoisotopic (exact) mass is 684 g/mol. The molecule has 2 N–H and O–H groups in total. The number of ketones is 1. The number of allylic oxidation sites excluding steroid dienone is 1. The van der Waals surface area contributed by atoms with Gasteiger partial charge in [0, 0.05) is 25.9 Å². The molecular weight excluding hydrogens is 640 g/mol. The van der Waals surface area contributed by atoms with E-state index in [1.54, 1.807) is 17.9 Å². The number of fused-ring (bicyclic) bond motifs is 3. The number of alkyl carbamates (subject to hydrolysis) is 1. The minimum absolute atomic E-state index is 0.0000597. The highest BCUT2D eigenvalue weighted by molar-refractivity contribution is 7.90. The average Bonchev–Trinajstić information content (AvgIpc) is 3.95. The first-order valence-electron chi connectivity index (χ1n) is 17.0. The van der Waals surface area contributed by atoms with Gasteiger partial charge in [-0.05, 0) is 74.0 Å². The molecule has 3 aliphatic heterocycles. The highest BCUT2D eigenvalue weighted by Gasteiger charge is 2.61. The van der Waals surface area contributed by atoms with Crippen molar-refractivity contribution in [2.24, 2.45) is 11.3 Å². The van der Waals surface area contributed by atoms with Crippen LogP contribution >= 0.6 is 0 Å². The number of carbonyl (C=O) groups is 5. The molecule has 3 fully saturated rings. The van der Waals surface area contributed by atoms with E-state index in [9.17, 15) is 32.4 Å². The third-order valence-electron chi connectivity index (χ3n) is 10.4. The minimum atomic E-state index is -3.85. The van der Waals surface area contributed by atoms with Crippen LogP contribution in [0.25, 0.3) is 0 Å². The first-order valence-corrected chi connectivity index (χ1v) is 18.5. The summed E-state index contributed by atoms with van der Waals surface area (Å²) in [5.41, 5.74) is 2.00. The Bertz CT molecular complexity index is 1610. The first-order chi connectivity index (χ1) is 23.0. The zero-order chi connectivity index (χ0) is 34.2. The van der Waals surface area contributed by atoms with E-state index < -0.39 is 74.6 Å². The molecule has 0 spiro atoms. The summed E-state index contributed by atoms with van der Waals surface area (Å²) in [7, 11) is -3.85. The number of hydrogen-bond donors (Lipinski definition) is 2. The van der Waals surface area contributed by atoms with Gasteiger partial charge in [-0.15, -0.1) is 6.58 Å². The van der Waals surface area contributed by atoms with Crippen molar-refractivity contribution in [2.75, 3.05) is 13.2 Å². The largest absolute Gasteiger partial charge is 0.450 e. The summed E-state index contributed by atoms with van der Waals surface area (Å²) >= 11 is 0. The van der Waals surface area contributed by atoms with Crippen LogP contribution in [0.1, 0.15) is 81.4 Å². The van der Waals surface area contributed by atoms with Gasteiger partial charge in [-0.3, -0.25) is 24.0 Å². The van der Waals surface area contributed by atoms with Crippen molar-refractivity contribution in [3.8, 4) is 0 Å². The van der Waals surface area contributed by atoms with E-state index in [2.05, 4.69) is 22.7 Å². The molecular formula is C34H44N4O9S. The summed E-state index contributed by atoms with van der Waals surface area (Å²) in [6.45, 7) is 6.38. The molecule has 5 aliphatic rings. The van der Waals surface area contributed by atoms with Gasteiger partial charge in [0.05, 0.1) is 29.9 Å². The maximum absolute atomic E-state index is 14.1. The number of ether oxygens (including phenoxy) is 2. The normalized spacial score (nSPS) is 29.5. The van der Waals surface area contributed by atoms with Crippen molar-refractivity contribution in [1.82, 2.24) is 19.8 Å². The molecule has 0 radical (unpaired) electrons. The van der Waals surface area contributed by atoms with Crippen LogP contribution in [0.15, 0.2) is 30.9 Å². The summed E-state index contributed by atoms with van der Waals surface area (Å²) < 4.78 is 38.7. The standard InChI is InChI=1S/C34H44N4O9S/c1-3-23-16-34(23,31(41)36-48(44,45)25-12-13-25)17-29(39)28-15-24-19-38(28)30(40)27(4-2)35-32(42)46-14-7-5-6-9-21-10-8-11-22-18-37(20-26(21)22)33(43)47-24/h3,8,10-11,23-25,27-28H,1,4-7,9,12-20H2,2H3,(H,35,42)(H,36,41)/t23-,24-,27+,28+,34-/m1/s1. The fraction of sp³-hybridized carbons (Fsp3) is 0.618. The second kappa shape index (κ2) is 13.5. The zero-order valence-corrected chi connectivity index (χ0v) is 28.1. The van der Waals surface area contributed by atoms with E-state index in [1.165, 1.54) is 4.90 Å². The number of cyclic esters (lactones) is 1. The molecule has 4 amide bonds. The Morgan fingerprint density at radius 2 is 1.90 bits per heavy atom. The average molecular weight is 685 g/mol. The number of hydrogen-bond acceptors (Lipinski definition) is 9. The van der Waals surface area contributed by atoms with E-state index in [1.807, 2.05) is 12.1 Å². The van der Waals surface area contributed by atoms with Gasteiger partial charge >= 0.3 is 12.2 Å². The number of nitrogens with one attached hydrogen (secondary N) is 2. The second-order valence-corrected chi connectivity index (χ2v) is 15.7. The summed E-state index contributed by atoms with van der Waals surface area (Å²) in [4.78, 5) is 70.4. The molecule has 1 aromatic carbocycles. The molecule has 0 aromatic heterocycles. The Morgan fingerprint density at radius 1 is 1.12 bits per heavy atom. The van der Waals surface area contributed by atoms with Crippen molar-refractivity contribution in [3.63, 3.8) is 0 Å². The molecule has 14 heteroatoms. The van der Waals surface area contributed by atoms with Gasteiger partial charge in [-0.2, -0.15) is 0 Å². The molecule has 3 heterocycles. The first kappa shape index (κ1) is 33.9. The Morgan fingerprint density at radius 3 is 2.60 bits per heavy atom. The Hall–Kier alpha value is -3.94. The predicted octanol–water partition coefficient (Wildman–Crippen LogP) is 3.10. The summed E-state index contributed by atoms with van der Waals surface area (Å²) in [5, 5.41) is 2.01. The highest BCUT2D eigenvalue weighted by atomic mass is 32.2. The molecule has 1 saturated heterocycles. The van der Waals surface area contributed by atoms with Gasteiger partial charge in [0.1, 0.15) is 12.1 Å². The number of carbonyl (C=O) groups excluding carboxylic acids is 5. The molecule has 2 saturated carbocycles. The van der Waals surface area contributed by atoms with Gasteiger partial charge in [-0.25, -0.2) is 18.0 Å². The van der Waals surface area contributed by atoms with Crippen LogP contribution in [0.5, 0.6) is 0 Å². The van der Waals surface area contributed by atoms with Crippen molar-refractivity contribution in [2.45, 2.75) is 108 Å². The smallest absolute Gasteiger partial charge is 0.410 e. The highest BCUT2D eigenvalue weighted by Crippen LogP contribution is 2.57.